The van der Waals surface area contributed by atoms with Crippen molar-refractivity contribution in [3.63, 3.8) is 0 Å². The molecule has 0 bridgehead atoms. The number of ether oxygens (including phenoxy) is 1. The van der Waals surface area contributed by atoms with Crippen molar-refractivity contribution < 1.29 is 9.53 Å². The van der Waals surface area contributed by atoms with Crippen LogP contribution in [0.1, 0.15) is 19.3 Å². The van der Waals surface area contributed by atoms with Gasteiger partial charge in [-0.15, -0.1) is 0 Å². The van der Waals surface area contributed by atoms with Crippen molar-refractivity contribution in [2.24, 2.45) is 18.9 Å². The highest BCUT2D eigenvalue weighted by Crippen LogP contribution is 2.37. The van der Waals surface area contributed by atoms with Crippen molar-refractivity contribution in [2.45, 2.75) is 19.3 Å². The van der Waals surface area contributed by atoms with E-state index in [2.05, 4.69) is 10.4 Å². The van der Waals surface area contributed by atoms with Crippen LogP contribution >= 0.6 is 0 Å². The third kappa shape index (κ3) is 3.08. The second-order valence-corrected chi connectivity index (χ2v) is 7.06. The molecule has 2 fully saturated rings. The van der Waals surface area contributed by atoms with E-state index < -0.39 is 0 Å². The van der Waals surface area contributed by atoms with Crippen LogP contribution < -0.4 is 10.1 Å². The van der Waals surface area contributed by atoms with Gasteiger partial charge < -0.3 is 9.64 Å². The number of carbonyl (C=O) groups excluding carboxylic acids is 1. The first kappa shape index (κ1) is 16.0. The number of anilines is 1. The van der Waals surface area contributed by atoms with Crippen LogP contribution in [0, 0.1) is 11.8 Å². The van der Waals surface area contributed by atoms with Crippen molar-refractivity contribution in [1.29, 1.82) is 0 Å². The zero-order chi connectivity index (χ0) is 17.4. The Morgan fingerprint density at radius 3 is 2.72 bits per heavy atom. The van der Waals surface area contributed by atoms with Crippen molar-refractivity contribution in [3.05, 3.63) is 30.3 Å². The number of nitrogens with one attached hydrogen (secondary N) is 1. The van der Waals surface area contributed by atoms with Crippen LogP contribution in [-0.2, 0) is 7.05 Å². The third-order valence-electron chi connectivity index (χ3n) is 5.49. The predicted molar refractivity (Wildman–Crippen MR) is 96.6 cm³/mol. The zero-order valence-corrected chi connectivity index (χ0v) is 14.7. The topological polar surface area (TPSA) is 59.4 Å². The maximum Gasteiger partial charge on any atom is 0.323 e. The summed E-state index contributed by atoms with van der Waals surface area (Å²) in [6.07, 6.45) is 3.84. The lowest BCUT2D eigenvalue weighted by molar-refractivity contribution is 0.218. The molecule has 2 heterocycles. The molecule has 1 aliphatic heterocycles. The van der Waals surface area contributed by atoms with E-state index in [0.29, 0.717) is 17.7 Å². The Morgan fingerprint density at radius 1 is 1.24 bits per heavy atom. The summed E-state index contributed by atoms with van der Waals surface area (Å²) in [6.45, 7) is 1.77. The van der Waals surface area contributed by atoms with Crippen LogP contribution in [-0.4, -0.2) is 40.9 Å². The second-order valence-electron chi connectivity index (χ2n) is 7.06. The molecule has 1 aliphatic carbocycles. The van der Waals surface area contributed by atoms with Crippen molar-refractivity contribution in [2.75, 3.05) is 25.5 Å². The van der Waals surface area contributed by atoms with Gasteiger partial charge in [0.1, 0.15) is 11.6 Å². The van der Waals surface area contributed by atoms with Crippen LogP contribution in [0.2, 0.25) is 0 Å². The standard InChI is InChI=1S/C19H24N4O2/c1-22-18(10-17(21-22)13-5-4-8-16(9-13)25-2)20-19(24)23-11-14-6-3-7-15(14)12-23/h4-5,8-10,14-15H,3,6-7,11-12H2,1-2H3,(H,20,24)/t14-,15-/m0/s1. The molecule has 0 spiro atoms. The first-order chi connectivity index (χ1) is 12.1. The highest BCUT2D eigenvalue weighted by molar-refractivity contribution is 5.89. The molecule has 1 N–H and O–H groups in total. The average Bonchev–Trinajstić information content (AvgIpc) is 3.30. The lowest BCUT2D eigenvalue weighted by atomic mass is 10.0. The monoisotopic (exact) mass is 340 g/mol. The summed E-state index contributed by atoms with van der Waals surface area (Å²) in [5, 5.41) is 7.54. The van der Waals surface area contributed by atoms with Gasteiger partial charge >= 0.3 is 6.03 Å². The molecule has 0 unspecified atom stereocenters. The Balaban J connectivity index is 1.48. The molecule has 2 aromatic rings. The Bertz CT molecular complexity index is 773. The van der Waals surface area contributed by atoms with Crippen molar-refractivity contribution in [3.8, 4) is 17.0 Å². The average molecular weight is 340 g/mol. The van der Waals surface area contributed by atoms with Gasteiger partial charge in [-0.2, -0.15) is 5.10 Å². The molecule has 1 aromatic heterocycles. The summed E-state index contributed by atoms with van der Waals surface area (Å²) < 4.78 is 6.98. The van der Waals surface area contributed by atoms with Crippen molar-refractivity contribution in [1.82, 2.24) is 14.7 Å². The molecule has 25 heavy (non-hydrogen) atoms. The molecular formula is C19H24N4O2. The number of hydrogen-bond acceptors (Lipinski definition) is 3. The van der Waals surface area contributed by atoms with E-state index >= 15 is 0 Å². The normalized spacial score (nSPS) is 22.1. The Hall–Kier alpha value is -2.50. The smallest absolute Gasteiger partial charge is 0.323 e. The number of fused-ring (bicyclic) bond motifs is 1. The number of amides is 2. The van der Waals surface area contributed by atoms with Gasteiger partial charge in [0, 0.05) is 31.8 Å². The number of aromatic nitrogens is 2. The van der Waals surface area contributed by atoms with Crippen molar-refractivity contribution >= 4 is 11.8 Å². The van der Waals surface area contributed by atoms with Gasteiger partial charge in [-0.25, -0.2) is 4.79 Å². The summed E-state index contributed by atoms with van der Waals surface area (Å²) >= 11 is 0. The Kier molecular flexibility index (Phi) is 4.11. The Morgan fingerprint density at radius 2 is 2.00 bits per heavy atom. The van der Waals surface area contributed by atoms with Gasteiger partial charge in [-0.05, 0) is 36.8 Å². The molecule has 6 heteroatoms. The number of urea groups is 1. The molecular weight excluding hydrogens is 316 g/mol. The van der Waals surface area contributed by atoms with Gasteiger partial charge in [0.25, 0.3) is 0 Å². The summed E-state index contributed by atoms with van der Waals surface area (Å²) in [5.41, 5.74) is 1.78. The van der Waals surface area contributed by atoms with E-state index in [0.717, 1.165) is 30.1 Å². The van der Waals surface area contributed by atoms with Gasteiger partial charge in [0.05, 0.1) is 12.8 Å². The van der Waals surface area contributed by atoms with E-state index in [1.165, 1.54) is 19.3 Å². The number of aryl methyl sites for hydroxylation is 1. The van der Waals surface area contributed by atoms with Crippen LogP contribution in [0.5, 0.6) is 5.75 Å². The molecule has 6 nitrogen and oxygen atoms in total. The number of carbonyl (C=O) groups is 1. The first-order valence-corrected chi connectivity index (χ1v) is 8.88. The van der Waals surface area contributed by atoms with E-state index in [9.17, 15) is 4.79 Å². The number of hydrogen-bond donors (Lipinski definition) is 1. The maximum atomic E-state index is 12.6. The minimum Gasteiger partial charge on any atom is -0.497 e. The summed E-state index contributed by atoms with van der Waals surface area (Å²) in [6, 6.07) is 9.65. The van der Waals surface area contributed by atoms with Gasteiger partial charge in [-0.1, -0.05) is 18.6 Å². The maximum absolute atomic E-state index is 12.6. The first-order valence-electron chi connectivity index (χ1n) is 8.88. The van der Waals surface area contributed by atoms with E-state index in [1.807, 2.05) is 42.3 Å². The SMILES string of the molecule is COc1cccc(-c2cc(NC(=O)N3C[C@@H]4CCC[C@H]4C3)n(C)n2)c1. The minimum absolute atomic E-state index is 0.0189. The number of methoxy groups -OCH3 is 1. The lowest BCUT2D eigenvalue weighted by Gasteiger charge is -2.17. The van der Waals surface area contributed by atoms with Crippen LogP contribution in [0.25, 0.3) is 11.3 Å². The minimum atomic E-state index is -0.0189. The van der Waals surface area contributed by atoms with E-state index in [1.54, 1.807) is 11.8 Å². The van der Waals surface area contributed by atoms with E-state index in [-0.39, 0.29) is 6.03 Å². The second kappa shape index (κ2) is 6.43. The quantitative estimate of drug-likeness (QED) is 0.932. The fourth-order valence-corrected chi connectivity index (χ4v) is 4.10. The number of likely N-dealkylation sites (tertiary alicyclic amines) is 1. The summed E-state index contributed by atoms with van der Waals surface area (Å²) in [7, 11) is 3.49. The van der Waals surface area contributed by atoms with Gasteiger partial charge in [-0.3, -0.25) is 10.00 Å². The molecule has 1 aromatic carbocycles. The largest absolute Gasteiger partial charge is 0.497 e. The van der Waals surface area contributed by atoms with Crippen LogP contribution in [0.4, 0.5) is 10.6 Å². The summed E-state index contributed by atoms with van der Waals surface area (Å²) in [5.74, 6) is 2.89. The Labute approximate surface area is 147 Å². The molecule has 2 aliphatic rings. The van der Waals surface area contributed by atoms with E-state index in [4.69, 9.17) is 4.74 Å². The fourth-order valence-electron chi connectivity index (χ4n) is 4.10. The lowest BCUT2D eigenvalue weighted by Crippen LogP contribution is -2.34. The number of benzene rings is 1. The van der Waals surface area contributed by atoms with Crippen LogP contribution in [0.15, 0.2) is 30.3 Å². The molecule has 2 amide bonds. The highest BCUT2D eigenvalue weighted by atomic mass is 16.5. The molecule has 0 radical (unpaired) electrons. The van der Waals surface area contributed by atoms with Gasteiger partial charge in [0.15, 0.2) is 0 Å². The number of rotatable bonds is 3. The van der Waals surface area contributed by atoms with Crippen LogP contribution in [0.3, 0.4) is 0 Å². The van der Waals surface area contributed by atoms with Gasteiger partial charge in [0.2, 0.25) is 0 Å². The summed E-state index contributed by atoms with van der Waals surface area (Å²) in [4.78, 5) is 14.5. The predicted octanol–water partition coefficient (Wildman–Crippen LogP) is 3.36. The molecule has 1 saturated carbocycles. The number of nitrogens with zero attached hydrogens (tertiary/aromatic N) is 3. The fraction of sp³-hybridized carbons (Fsp3) is 0.474. The molecule has 2 atom stereocenters. The molecule has 4 rings (SSSR count). The highest BCUT2D eigenvalue weighted by Gasteiger charge is 2.38. The molecule has 132 valence electrons. The molecule has 1 saturated heterocycles. The third-order valence-corrected chi connectivity index (χ3v) is 5.49. The zero-order valence-electron chi connectivity index (χ0n) is 14.7.